The van der Waals surface area contributed by atoms with Crippen molar-refractivity contribution < 1.29 is 5.11 Å². The minimum atomic E-state index is -0.200. The standard InChI is InChI=1S/C13H22N2OS/c1-13(2,9-16)12-14-11(8-17-12)10-4-6-15(3)7-5-10/h8,10,16H,4-7,9H2,1-3H3. The average Bonchev–Trinajstić information content (AvgIpc) is 2.80. The van der Waals surface area contributed by atoms with E-state index in [2.05, 4.69) is 17.3 Å². The van der Waals surface area contributed by atoms with E-state index >= 15 is 0 Å². The van der Waals surface area contributed by atoms with Crippen molar-refractivity contribution in [3.63, 3.8) is 0 Å². The molecule has 2 rings (SSSR count). The topological polar surface area (TPSA) is 36.4 Å². The van der Waals surface area contributed by atoms with Crippen molar-refractivity contribution in [2.75, 3.05) is 26.7 Å². The zero-order valence-electron chi connectivity index (χ0n) is 10.9. The molecule has 0 saturated carbocycles. The Morgan fingerprint density at radius 1 is 1.47 bits per heavy atom. The maximum atomic E-state index is 9.36. The van der Waals surface area contributed by atoms with Gasteiger partial charge in [-0.1, -0.05) is 13.8 Å². The first-order chi connectivity index (χ1) is 8.03. The highest BCUT2D eigenvalue weighted by Crippen LogP contribution is 2.32. The molecule has 1 aliphatic heterocycles. The number of piperidine rings is 1. The summed E-state index contributed by atoms with van der Waals surface area (Å²) >= 11 is 1.69. The number of hydrogen-bond acceptors (Lipinski definition) is 4. The molecule has 2 heterocycles. The van der Waals surface area contributed by atoms with E-state index in [4.69, 9.17) is 4.98 Å². The van der Waals surface area contributed by atoms with Crippen molar-refractivity contribution in [2.24, 2.45) is 0 Å². The molecule has 0 unspecified atom stereocenters. The minimum absolute atomic E-state index is 0.160. The molecule has 0 aromatic carbocycles. The highest BCUT2D eigenvalue weighted by molar-refractivity contribution is 7.09. The molecule has 4 heteroatoms. The van der Waals surface area contributed by atoms with Crippen LogP contribution in [0, 0.1) is 0 Å². The molecular formula is C13H22N2OS. The quantitative estimate of drug-likeness (QED) is 0.898. The molecule has 0 radical (unpaired) electrons. The summed E-state index contributed by atoms with van der Waals surface area (Å²) in [6.07, 6.45) is 2.42. The van der Waals surface area contributed by atoms with E-state index in [9.17, 15) is 5.11 Å². The molecule has 1 aliphatic rings. The Balaban J connectivity index is 2.08. The molecule has 0 spiro atoms. The Morgan fingerprint density at radius 2 is 2.12 bits per heavy atom. The molecule has 0 bridgehead atoms. The molecule has 1 N–H and O–H groups in total. The lowest BCUT2D eigenvalue weighted by molar-refractivity contribution is 0.217. The fraction of sp³-hybridized carbons (Fsp3) is 0.769. The summed E-state index contributed by atoms with van der Waals surface area (Å²) in [5.41, 5.74) is 1.04. The number of rotatable bonds is 3. The van der Waals surface area contributed by atoms with E-state index in [1.54, 1.807) is 11.3 Å². The monoisotopic (exact) mass is 254 g/mol. The van der Waals surface area contributed by atoms with Crippen LogP contribution in [0.3, 0.4) is 0 Å². The van der Waals surface area contributed by atoms with Gasteiger partial charge in [0.1, 0.15) is 5.01 Å². The molecule has 3 nitrogen and oxygen atoms in total. The highest BCUT2D eigenvalue weighted by atomic mass is 32.1. The van der Waals surface area contributed by atoms with Crippen molar-refractivity contribution in [1.82, 2.24) is 9.88 Å². The van der Waals surface area contributed by atoms with Gasteiger partial charge in [-0.3, -0.25) is 0 Å². The summed E-state index contributed by atoms with van der Waals surface area (Å²) in [5, 5.41) is 12.6. The van der Waals surface area contributed by atoms with E-state index in [0.29, 0.717) is 5.92 Å². The van der Waals surface area contributed by atoms with Gasteiger partial charge in [0, 0.05) is 16.7 Å². The van der Waals surface area contributed by atoms with Crippen molar-refractivity contribution in [2.45, 2.75) is 38.0 Å². The predicted molar refractivity (Wildman–Crippen MR) is 71.7 cm³/mol. The number of hydrogen-bond donors (Lipinski definition) is 1. The van der Waals surface area contributed by atoms with Gasteiger partial charge in [0.2, 0.25) is 0 Å². The lowest BCUT2D eigenvalue weighted by Gasteiger charge is -2.28. The lowest BCUT2D eigenvalue weighted by atomic mass is 9.93. The van der Waals surface area contributed by atoms with Gasteiger partial charge in [0.05, 0.1) is 12.3 Å². The van der Waals surface area contributed by atoms with Crippen LogP contribution in [0.1, 0.15) is 43.3 Å². The van der Waals surface area contributed by atoms with E-state index in [1.165, 1.54) is 31.6 Å². The van der Waals surface area contributed by atoms with Gasteiger partial charge < -0.3 is 10.0 Å². The zero-order chi connectivity index (χ0) is 12.5. The first-order valence-electron chi connectivity index (χ1n) is 6.28. The van der Waals surface area contributed by atoms with Gasteiger partial charge in [0.15, 0.2) is 0 Å². The maximum Gasteiger partial charge on any atom is 0.101 e. The first-order valence-corrected chi connectivity index (χ1v) is 7.16. The van der Waals surface area contributed by atoms with Crippen molar-refractivity contribution >= 4 is 11.3 Å². The van der Waals surface area contributed by atoms with E-state index in [0.717, 1.165) is 5.01 Å². The van der Waals surface area contributed by atoms with Crippen molar-refractivity contribution in [3.8, 4) is 0 Å². The van der Waals surface area contributed by atoms with Crippen LogP contribution in [-0.4, -0.2) is 41.7 Å². The number of thiazole rings is 1. The van der Waals surface area contributed by atoms with Gasteiger partial charge in [-0.05, 0) is 33.0 Å². The molecular weight excluding hydrogens is 232 g/mol. The van der Waals surface area contributed by atoms with E-state index < -0.39 is 0 Å². The van der Waals surface area contributed by atoms with Crippen LogP contribution in [-0.2, 0) is 5.41 Å². The maximum absolute atomic E-state index is 9.36. The van der Waals surface area contributed by atoms with Gasteiger partial charge in [-0.25, -0.2) is 4.98 Å². The Hall–Kier alpha value is -0.450. The summed E-state index contributed by atoms with van der Waals surface area (Å²) in [6.45, 7) is 6.59. The first kappa shape index (κ1) is 13.0. The minimum Gasteiger partial charge on any atom is -0.395 e. The number of likely N-dealkylation sites (tertiary alicyclic amines) is 1. The van der Waals surface area contributed by atoms with Gasteiger partial charge >= 0.3 is 0 Å². The summed E-state index contributed by atoms with van der Waals surface area (Å²) in [5.74, 6) is 0.616. The van der Waals surface area contributed by atoms with Crippen LogP contribution < -0.4 is 0 Å². The third-order valence-electron chi connectivity index (χ3n) is 3.63. The van der Waals surface area contributed by atoms with Crippen LogP contribution >= 0.6 is 11.3 Å². The average molecular weight is 254 g/mol. The van der Waals surface area contributed by atoms with Gasteiger partial charge in [-0.15, -0.1) is 11.3 Å². The number of aliphatic hydroxyl groups excluding tert-OH is 1. The van der Waals surface area contributed by atoms with E-state index in [-0.39, 0.29) is 12.0 Å². The second-order valence-electron chi connectivity index (χ2n) is 5.70. The molecule has 96 valence electrons. The summed E-state index contributed by atoms with van der Waals surface area (Å²) in [6, 6.07) is 0. The smallest absolute Gasteiger partial charge is 0.101 e. The third kappa shape index (κ3) is 2.87. The Labute approximate surface area is 107 Å². The predicted octanol–water partition coefficient (Wildman–Crippen LogP) is 2.22. The summed E-state index contributed by atoms with van der Waals surface area (Å²) in [4.78, 5) is 7.12. The highest BCUT2D eigenvalue weighted by Gasteiger charge is 2.26. The Bertz CT molecular complexity index is 367. The third-order valence-corrected chi connectivity index (χ3v) is 4.86. The normalized spacial score (nSPS) is 19.8. The largest absolute Gasteiger partial charge is 0.395 e. The van der Waals surface area contributed by atoms with Crippen molar-refractivity contribution in [3.05, 3.63) is 16.1 Å². The zero-order valence-corrected chi connectivity index (χ0v) is 11.8. The van der Waals surface area contributed by atoms with Crippen molar-refractivity contribution in [1.29, 1.82) is 0 Å². The SMILES string of the molecule is CN1CCC(c2csc(C(C)(C)CO)n2)CC1. The molecule has 0 amide bonds. The number of aromatic nitrogens is 1. The summed E-state index contributed by atoms with van der Waals surface area (Å²) in [7, 11) is 2.18. The second kappa shape index (κ2) is 5.04. The molecule has 1 fully saturated rings. The molecule has 1 aromatic rings. The Kier molecular flexibility index (Phi) is 3.85. The molecule has 0 aliphatic carbocycles. The van der Waals surface area contributed by atoms with Gasteiger partial charge in [-0.2, -0.15) is 0 Å². The molecule has 0 atom stereocenters. The number of nitrogens with zero attached hydrogens (tertiary/aromatic N) is 2. The molecule has 1 saturated heterocycles. The molecule has 17 heavy (non-hydrogen) atoms. The van der Waals surface area contributed by atoms with Crippen LogP contribution in [0.15, 0.2) is 5.38 Å². The molecule has 1 aromatic heterocycles. The Morgan fingerprint density at radius 3 is 2.71 bits per heavy atom. The fourth-order valence-corrected chi connectivity index (χ4v) is 3.18. The van der Waals surface area contributed by atoms with Crippen LogP contribution in [0.5, 0.6) is 0 Å². The second-order valence-corrected chi connectivity index (χ2v) is 6.56. The fourth-order valence-electron chi connectivity index (χ4n) is 2.16. The van der Waals surface area contributed by atoms with Gasteiger partial charge in [0.25, 0.3) is 0 Å². The lowest BCUT2D eigenvalue weighted by Crippen LogP contribution is -2.29. The van der Waals surface area contributed by atoms with Crippen LogP contribution in [0.2, 0.25) is 0 Å². The van der Waals surface area contributed by atoms with E-state index in [1.807, 2.05) is 13.8 Å². The summed E-state index contributed by atoms with van der Waals surface area (Å²) < 4.78 is 0. The van der Waals surface area contributed by atoms with Crippen LogP contribution in [0.4, 0.5) is 0 Å². The van der Waals surface area contributed by atoms with Crippen LogP contribution in [0.25, 0.3) is 0 Å². The number of aliphatic hydroxyl groups is 1.